The Kier molecular flexibility index (Phi) is 3.36. The van der Waals surface area contributed by atoms with Crippen LogP contribution in [-0.4, -0.2) is 25.5 Å². The highest BCUT2D eigenvalue weighted by molar-refractivity contribution is 5.91. The van der Waals surface area contributed by atoms with Crippen molar-refractivity contribution in [2.45, 2.75) is 13.1 Å². The Morgan fingerprint density at radius 2 is 2.19 bits per heavy atom. The first-order valence-electron chi connectivity index (χ1n) is 6.33. The van der Waals surface area contributed by atoms with E-state index in [1.165, 1.54) is 23.0 Å². The highest BCUT2D eigenvalue weighted by atomic mass is 19.1. The fraction of sp³-hybridized carbons (Fsp3) is 0.154. The molecular weight excluding hydrogens is 275 g/mol. The maximum absolute atomic E-state index is 13.3. The molecule has 3 rings (SSSR count). The number of fused-ring (bicyclic) bond motifs is 1. The van der Waals surface area contributed by atoms with Crippen molar-refractivity contribution < 1.29 is 9.18 Å². The molecule has 8 heteroatoms. The number of rotatable bonds is 4. The summed E-state index contributed by atoms with van der Waals surface area (Å²) in [4.78, 5) is 11.3. The molecule has 7 nitrogen and oxygen atoms in total. The van der Waals surface area contributed by atoms with Crippen LogP contribution < -0.4 is 11.3 Å². The van der Waals surface area contributed by atoms with Crippen LogP contribution in [0.25, 0.3) is 10.9 Å². The third-order valence-electron chi connectivity index (χ3n) is 3.21. The topological polar surface area (TPSA) is 90.8 Å². The van der Waals surface area contributed by atoms with Gasteiger partial charge in [-0.1, -0.05) is 5.21 Å². The molecule has 0 aliphatic carbocycles. The zero-order valence-electron chi connectivity index (χ0n) is 11.0. The Morgan fingerprint density at radius 1 is 1.33 bits per heavy atom. The largest absolute Gasteiger partial charge is 0.346 e. The number of amides is 1. The van der Waals surface area contributed by atoms with E-state index in [-0.39, 0.29) is 11.5 Å². The number of carbonyl (C=O) groups is 1. The molecule has 0 saturated carbocycles. The minimum atomic E-state index is -0.491. The van der Waals surface area contributed by atoms with Crippen LogP contribution in [0.4, 0.5) is 4.39 Å². The number of nitrogens with zero attached hydrogens (tertiary/aromatic N) is 4. The molecule has 0 radical (unpaired) electrons. The van der Waals surface area contributed by atoms with E-state index < -0.39 is 5.91 Å². The third-order valence-corrected chi connectivity index (χ3v) is 3.21. The van der Waals surface area contributed by atoms with Crippen molar-refractivity contribution in [2.24, 2.45) is 5.84 Å². The van der Waals surface area contributed by atoms with Crippen LogP contribution in [0.1, 0.15) is 10.5 Å². The van der Waals surface area contributed by atoms with Crippen molar-refractivity contribution in [3.63, 3.8) is 0 Å². The van der Waals surface area contributed by atoms with Crippen molar-refractivity contribution in [1.82, 2.24) is 25.0 Å². The number of nitrogen functional groups attached to an aromatic ring is 1. The van der Waals surface area contributed by atoms with Gasteiger partial charge < -0.3 is 4.57 Å². The lowest BCUT2D eigenvalue weighted by atomic mass is 10.2. The van der Waals surface area contributed by atoms with Crippen LogP contribution in [-0.2, 0) is 13.1 Å². The summed E-state index contributed by atoms with van der Waals surface area (Å²) >= 11 is 0. The number of hydrogen-bond donors (Lipinski definition) is 2. The lowest BCUT2D eigenvalue weighted by Crippen LogP contribution is -2.30. The van der Waals surface area contributed by atoms with E-state index in [4.69, 9.17) is 5.84 Å². The predicted octanol–water partition coefficient (Wildman–Crippen LogP) is 0.676. The zero-order chi connectivity index (χ0) is 14.8. The monoisotopic (exact) mass is 288 g/mol. The first kappa shape index (κ1) is 13.3. The Bertz CT molecular complexity index is 793. The molecule has 0 fully saturated rings. The van der Waals surface area contributed by atoms with Gasteiger partial charge >= 0.3 is 0 Å². The normalized spacial score (nSPS) is 11.0. The molecule has 21 heavy (non-hydrogen) atoms. The van der Waals surface area contributed by atoms with Crippen molar-refractivity contribution >= 4 is 16.8 Å². The Morgan fingerprint density at radius 3 is 3.00 bits per heavy atom. The molecule has 0 bridgehead atoms. The summed E-state index contributed by atoms with van der Waals surface area (Å²) in [5.41, 5.74) is 2.96. The van der Waals surface area contributed by atoms with Gasteiger partial charge in [0.1, 0.15) is 5.82 Å². The minimum Gasteiger partial charge on any atom is -0.346 e. The molecule has 108 valence electrons. The Hall–Kier alpha value is -2.74. The van der Waals surface area contributed by atoms with Crippen LogP contribution in [0.15, 0.2) is 36.7 Å². The summed E-state index contributed by atoms with van der Waals surface area (Å²) in [6.07, 6.45) is 3.39. The van der Waals surface area contributed by atoms with E-state index in [1.807, 2.05) is 22.3 Å². The number of aromatic nitrogens is 4. The van der Waals surface area contributed by atoms with Gasteiger partial charge in [0.05, 0.1) is 18.3 Å². The molecule has 0 aliphatic rings. The number of hydrazine groups is 1. The van der Waals surface area contributed by atoms with Gasteiger partial charge in [0.15, 0.2) is 5.69 Å². The highest BCUT2D eigenvalue weighted by Crippen LogP contribution is 2.17. The number of carbonyl (C=O) groups excluding carboxylic acids is 1. The average molecular weight is 288 g/mol. The highest BCUT2D eigenvalue weighted by Gasteiger charge is 2.09. The lowest BCUT2D eigenvalue weighted by molar-refractivity contribution is 0.0948. The van der Waals surface area contributed by atoms with Crippen molar-refractivity contribution in [1.29, 1.82) is 0 Å². The minimum absolute atomic E-state index is 0.154. The molecule has 2 aromatic heterocycles. The molecule has 2 heterocycles. The van der Waals surface area contributed by atoms with Gasteiger partial charge in [0.2, 0.25) is 0 Å². The molecule has 3 N–H and O–H groups in total. The quantitative estimate of drug-likeness (QED) is 0.419. The molecule has 3 aromatic rings. The SMILES string of the molecule is NNC(=O)c1cn(CCn2ccc3ccc(F)cc32)nn1. The molecule has 0 aliphatic heterocycles. The molecule has 1 amide bonds. The van der Waals surface area contributed by atoms with Gasteiger partial charge in [-0.2, -0.15) is 0 Å². The third kappa shape index (κ3) is 2.61. The summed E-state index contributed by atoms with van der Waals surface area (Å²) in [5, 5.41) is 8.53. The van der Waals surface area contributed by atoms with Gasteiger partial charge in [0.25, 0.3) is 5.91 Å². The fourth-order valence-electron chi connectivity index (χ4n) is 2.15. The Labute approximate surface area is 119 Å². The first-order chi connectivity index (χ1) is 10.2. The van der Waals surface area contributed by atoms with Gasteiger partial charge in [0, 0.05) is 12.7 Å². The standard InChI is InChI=1S/C13H13FN6O/c14-10-2-1-9-3-4-19(12(9)7-10)5-6-20-8-11(17-18-20)13(21)16-15/h1-4,7-8H,5-6,15H2,(H,16,21). The second-order valence-corrected chi connectivity index (χ2v) is 4.55. The number of halogens is 1. The molecule has 0 atom stereocenters. The predicted molar refractivity (Wildman–Crippen MR) is 73.6 cm³/mol. The first-order valence-corrected chi connectivity index (χ1v) is 6.33. The van der Waals surface area contributed by atoms with Gasteiger partial charge in [-0.05, 0) is 29.7 Å². The molecule has 0 unspecified atom stereocenters. The number of aryl methyl sites for hydroxylation is 2. The zero-order valence-corrected chi connectivity index (χ0v) is 11.0. The van der Waals surface area contributed by atoms with Crippen LogP contribution in [0.5, 0.6) is 0 Å². The summed E-state index contributed by atoms with van der Waals surface area (Å²) < 4.78 is 16.7. The Balaban J connectivity index is 1.76. The molecule has 1 aromatic carbocycles. The molecule has 0 saturated heterocycles. The lowest BCUT2D eigenvalue weighted by Gasteiger charge is -2.05. The van der Waals surface area contributed by atoms with E-state index in [1.54, 1.807) is 6.07 Å². The number of benzene rings is 1. The van der Waals surface area contributed by atoms with Gasteiger partial charge in [-0.15, -0.1) is 5.10 Å². The van der Waals surface area contributed by atoms with Crippen molar-refractivity contribution in [2.75, 3.05) is 0 Å². The van der Waals surface area contributed by atoms with E-state index in [9.17, 15) is 9.18 Å². The number of nitrogens with two attached hydrogens (primary N) is 1. The van der Waals surface area contributed by atoms with Crippen LogP contribution >= 0.6 is 0 Å². The maximum atomic E-state index is 13.3. The second kappa shape index (κ2) is 5.33. The summed E-state index contributed by atoms with van der Waals surface area (Å²) in [7, 11) is 0. The average Bonchev–Trinajstić information content (AvgIpc) is 3.10. The molecule has 0 spiro atoms. The summed E-state index contributed by atoms with van der Waals surface area (Å²) in [6, 6.07) is 6.58. The number of hydrogen-bond acceptors (Lipinski definition) is 4. The van der Waals surface area contributed by atoms with Crippen molar-refractivity contribution in [3.8, 4) is 0 Å². The maximum Gasteiger partial charge on any atom is 0.287 e. The van der Waals surface area contributed by atoms with Crippen LogP contribution in [0.3, 0.4) is 0 Å². The number of nitrogens with one attached hydrogen (secondary N) is 1. The van der Waals surface area contributed by atoms with Crippen LogP contribution in [0, 0.1) is 5.82 Å². The van der Waals surface area contributed by atoms with E-state index in [2.05, 4.69) is 10.3 Å². The van der Waals surface area contributed by atoms with Gasteiger partial charge in [-0.25, -0.2) is 14.9 Å². The fourth-order valence-corrected chi connectivity index (χ4v) is 2.15. The van der Waals surface area contributed by atoms with E-state index >= 15 is 0 Å². The second-order valence-electron chi connectivity index (χ2n) is 4.55. The van der Waals surface area contributed by atoms with Crippen molar-refractivity contribution in [3.05, 3.63) is 48.2 Å². The summed E-state index contributed by atoms with van der Waals surface area (Å²) in [5.74, 6) is 4.26. The smallest absolute Gasteiger partial charge is 0.287 e. The van der Waals surface area contributed by atoms with Gasteiger partial charge in [-0.3, -0.25) is 10.2 Å². The van der Waals surface area contributed by atoms with E-state index in [0.717, 1.165) is 10.9 Å². The molecular formula is C13H13FN6O. The summed E-state index contributed by atoms with van der Waals surface area (Å²) in [6.45, 7) is 1.09. The van der Waals surface area contributed by atoms with Crippen LogP contribution in [0.2, 0.25) is 0 Å². The van der Waals surface area contributed by atoms with E-state index in [0.29, 0.717) is 13.1 Å².